The first-order valence-electron chi connectivity index (χ1n) is 6.48. The molecule has 1 aromatic rings. The molecule has 1 aliphatic heterocycles. The van der Waals surface area contributed by atoms with Crippen LogP contribution in [0, 0.1) is 11.7 Å². The van der Waals surface area contributed by atoms with Crippen molar-refractivity contribution in [1.82, 2.24) is 4.90 Å². The van der Waals surface area contributed by atoms with Gasteiger partial charge in [-0.25, -0.2) is 4.39 Å². The van der Waals surface area contributed by atoms with E-state index in [1.165, 1.54) is 0 Å². The average Bonchev–Trinajstić information content (AvgIpc) is 2.47. The molecule has 0 aromatic heterocycles. The van der Waals surface area contributed by atoms with E-state index in [2.05, 4.69) is 0 Å². The predicted molar refractivity (Wildman–Crippen MR) is 67.2 cm³/mol. The maximum Gasteiger partial charge on any atom is 0.349 e. The molecule has 1 fully saturated rings. The molecular weight excluding hydrogens is 287 g/mol. The lowest BCUT2D eigenvalue weighted by Crippen LogP contribution is -2.46. The smallest absolute Gasteiger partial charge is 0.349 e. The monoisotopic (exact) mass is 301 g/mol. The molecule has 0 spiro atoms. The molecule has 1 aromatic carbocycles. The highest BCUT2D eigenvalue weighted by Crippen LogP contribution is 2.32. The third kappa shape index (κ3) is 3.17. The number of carbonyl (C=O) groups excluding carboxylic acids is 1. The normalized spacial score (nSPS) is 16.8. The number of halogens is 3. The Morgan fingerprint density at radius 2 is 1.67 bits per heavy atom. The second-order valence-corrected chi connectivity index (χ2v) is 4.99. The third-order valence-electron chi connectivity index (χ3n) is 3.61. The van der Waals surface area contributed by atoms with E-state index in [-0.39, 0.29) is 25.9 Å². The fourth-order valence-electron chi connectivity index (χ4n) is 2.31. The number of alkyl halides is 2. The van der Waals surface area contributed by atoms with E-state index in [1.807, 2.05) is 0 Å². The molecule has 2 rings (SSSR count). The molecule has 0 atom stereocenters. The topological polar surface area (TPSA) is 57.6 Å². The number of likely N-dealkylation sites (tertiary alicyclic amines) is 1. The van der Waals surface area contributed by atoms with Gasteiger partial charge < -0.3 is 10.0 Å². The molecule has 1 aliphatic rings. The molecule has 7 heteroatoms. The van der Waals surface area contributed by atoms with Gasteiger partial charge in [-0.2, -0.15) is 8.78 Å². The van der Waals surface area contributed by atoms with Gasteiger partial charge in [-0.3, -0.25) is 9.59 Å². The Morgan fingerprint density at radius 3 is 2.14 bits per heavy atom. The average molecular weight is 301 g/mol. The summed E-state index contributed by atoms with van der Waals surface area (Å²) in [7, 11) is 0. The fourth-order valence-corrected chi connectivity index (χ4v) is 2.31. The Bertz CT molecular complexity index is 537. The maximum atomic E-state index is 14.1. The van der Waals surface area contributed by atoms with E-state index in [4.69, 9.17) is 5.11 Å². The van der Waals surface area contributed by atoms with Gasteiger partial charge >= 0.3 is 11.9 Å². The number of hydrogen-bond donors (Lipinski definition) is 1. The summed E-state index contributed by atoms with van der Waals surface area (Å²) in [6.07, 6.45) is 0.307. The third-order valence-corrected chi connectivity index (χ3v) is 3.61. The van der Waals surface area contributed by atoms with Crippen LogP contribution >= 0.6 is 0 Å². The lowest BCUT2D eigenvalue weighted by molar-refractivity contribution is -0.162. The van der Waals surface area contributed by atoms with Crippen molar-refractivity contribution in [3.05, 3.63) is 35.6 Å². The molecule has 0 saturated carbocycles. The number of carboxylic acid groups (broad SMARTS) is 1. The van der Waals surface area contributed by atoms with Crippen LogP contribution in [0.4, 0.5) is 13.2 Å². The number of piperidine rings is 1. The zero-order valence-corrected chi connectivity index (χ0v) is 11.1. The minimum atomic E-state index is -3.75. The summed E-state index contributed by atoms with van der Waals surface area (Å²) < 4.78 is 40.9. The second kappa shape index (κ2) is 5.75. The second-order valence-electron chi connectivity index (χ2n) is 4.99. The van der Waals surface area contributed by atoms with E-state index < -0.39 is 35.1 Å². The minimum absolute atomic E-state index is 0.0212. The van der Waals surface area contributed by atoms with E-state index in [1.54, 1.807) is 0 Å². The molecule has 114 valence electrons. The Balaban J connectivity index is 2.09. The highest BCUT2D eigenvalue weighted by atomic mass is 19.3. The first-order chi connectivity index (χ1) is 9.82. The Labute approximate surface area is 119 Å². The van der Waals surface area contributed by atoms with Crippen LogP contribution in [0.15, 0.2) is 24.3 Å². The van der Waals surface area contributed by atoms with Crippen LogP contribution in [0.2, 0.25) is 0 Å². The predicted octanol–water partition coefficient (Wildman–Crippen LogP) is 2.24. The van der Waals surface area contributed by atoms with Crippen LogP contribution in [0.1, 0.15) is 18.4 Å². The first-order valence-corrected chi connectivity index (χ1v) is 6.48. The van der Waals surface area contributed by atoms with Crippen LogP contribution in [0.3, 0.4) is 0 Å². The number of hydrogen-bond acceptors (Lipinski definition) is 2. The number of nitrogens with zero attached hydrogens (tertiary/aromatic N) is 1. The van der Waals surface area contributed by atoms with Gasteiger partial charge in [-0.1, -0.05) is 0 Å². The van der Waals surface area contributed by atoms with Crippen LogP contribution in [0.25, 0.3) is 0 Å². The lowest BCUT2D eigenvalue weighted by atomic mass is 9.96. The number of aliphatic carboxylic acids is 1. The zero-order valence-electron chi connectivity index (χ0n) is 11.1. The Kier molecular flexibility index (Phi) is 4.20. The summed E-state index contributed by atoms with van der Waals surface area (Å²) in [5.74, 6) is -7.37. The molecule has 1 saturated heterocycles. The van der Waals surface area contributed by atoms with Crippen LogP contribution in [0.5, 0.6) is 0 Å². The summed E-state index contributed by atoms with van der Waals surface area (Å²) in [6.45, 7) is -0.0425. The quantitative estimate of drug-likeness (QED) is 0.931. The molecular formula is C14H14F3NO3. The molecule has 1 amide bonds. The van der Waals surface area contributed by atoms with Gasteiger partial charge in [0.2, 0.25) is 0 Å². The van der Waals surface area contributed by atoms with Crippen molar-refractivity contribution in [1.29, 1.82) is 0 Å². The van der Waals surface area contributed by atoms with Crippen molar-refractivity contribution in [3.8, 4) is 0 Å². The van der Waals surface area contributed by atoms with Crippen molar-refractivity contribution in [2.24, 2.45) is 5.92 Å². The molecule has 0 unspecified atom stereocenters. The summed E-state index contributed by atoms with van der Waals surface area (Å²) in [6, 6.07) is 3.48. The standard InChI is InChI=1S/C14H14F3NO3/c15-11-3-1-10(2-4-11)14(16,17)13(21)18-7-5-9(6-8-18)12(19)20/h1-4,9H,5-8H2,(H,19,20). The molecule has 0 radical (unpaired) electrons. The van der Waals surface area contributed by atoms with Crippen LogP contribution < -0.4 is 0 Å². The number of benzene rings is 1. The summed E-state index contributed by atoms with van der Waals surface area (Å²) in [5.41, 5.74) is -0.575. The van der Waals surface area contributed by atoms with Gasteiger partial charge in [0.25, 0.3) is 5.91 Å². The van der Waals surface area contributed by atoms with Crippen molar-refractivity contribution in [3.63, 3.8) is 0 Å². The molecule has 0 bridgehead atoms. The van der Waals surface area contributed by atoms with E-state index >= 15 is 0 Å². The number of carbonyl (C=O) groups is 2. The Hall–Kier alpha value is -2.05. The molecule has 4 nitrogen and oxygen atoms in total. The molecule has 21 heavy (non-hydrogen) atoms. The fraction of sp³-hybridized carbons (Fsp3) is 0.429. The largest absolute Gasteiger partial charge is 0.481 e. The van der Waals surface area contributed by atoms with Gasteiger partial charge in [0.1, 0.15) is 5.82 Å². The Morgan fingerprint density at radius 1 is 1.14 bits per heavy atom. The number of carboxylic acids is 1. The zero-order chi connectivity index (χ0) is 15.6. The van der Waals surface area contributed by atoms with Crippen molar-refractivity contribution >= 4 is 11.9 Å². The lowest BCUT2D eigenvalue weighted by Gasteiger charge is -2.32. The molecule has 1 heterocycles. The molecule has 1 N–H and O–H groups in total. The first kappa shape index (κ1) is 15.3. The van der Waals surface area contributed by atoms with Gasteiger partial charge in [-0.15, -0.1) is 0 Å². The van der Waals surface area contributed by atoms with Crippen molar-refractivity contribution < 1.29 is 27.9 Å². The SMILES string of the molecule is O=C(O)C1CCN(C(=O)C(F)(F)c2ccc(F)cc2)CC1. The summed E-state index contributed by atoms with van der Waals surface area (Å²) in [5, 5.41) is 8.84. The van der Waals surface area contributed by atoms with Crippen molar-refractivity contribution in [2.75, 3.05) is 13.1 Å². The van der Waals surface area contributed by atoms with E-state index in [0.29, 0.717) is 0 Å². The van der Waals surface area contributed by atoms with E-state index in [0.717, 1.165) is 29.2 Å². The highest BCUT2D eigenvalue weighted by molar-refractivity contribution is 5.85. The van der Waals surface area contributed by atoms with E-state index in [9.17, 15) is 22.8 Å². The van der Waals surface area contributed by atoms with Crippen LogP contribution in [-0.4, -0.2) is 35.0 Å². The van der Waals surface area contributed by atoms with Crippen LogP contribution in [-0.2, 0) is 15.5 Å². The maximum absolute atomic E-state index is 14.1. The van der Waals surface area contributed by atoms with Gasteiger partial charge in [0, 0.05) is 18.7 Å². The van der Waals surface area contributed by atoms with Gasteiger partial charge in [0.15, 0.2) is 0 Å². The van der Waals surface area contributed by atoms with Gasteiger partial charge in [0.05, 0.1) is 5.92 Å². The molecule has 0 aliphatic carbocycles. The number of rotatable bonds is 3. The van der Waals surface area contributed by atoms with Gasteiger partial charge in [-0.05, 0) is 37.1 Å². The summed E-state index contributed by atoms with van der Waals surface area (Å²) >= 11 is 0. The number of amides is 1. The highest BCUT2D eigenvalue weighted by Gasteiger charge is 2.45. The van der Waals surface area contributed by atoms with Crippen molar-refractivity contribution in [2.45, 2.75) is 18.8 Å². The summed E-state index contributed by atoms with van der Waals surface area (Å²) in [4.78, 5) is 23.7. The minimum Gasteiger partial charge on any atom is -0.481 e.